The van der Waals surface area contributed by atoms with Gasteiger partial charge in [-0.25, -0.2) is 4.98 Å². The molecule has 0 bridgehead atoms. The quantitative estimate of drug-likeness (QED) is 0.867. The van der Waals surface area contributed by atoms with Crippen LogP contribution in [0.5, 0.6) is 0 Å². The molecular weight excluding hydrogens is 242 g/mol. The number of aliphatic carboxylic acids is 1. The Kier molecular flexibility index (Phi) is 4.00. The molecule has 100 valence electrons. The molecule has 1 fully saturated rings. The van der Waals surface area contributed by atoms with E-state index in [4.69, 9.17) is 10.4 Å². The van der Waals surface area contributed by atoms with Crippen molar-refractivity contribution in [1.29, 1.82) is 5.26 Å². The van der Waals surface area contributed by atoms with Crippen molar-refractivity contribution in [2.45, 2.75) is 44.1 Å². The van der Waals surface area contributed by atoms with E-state index >= 15 is 0 Å². The third kappa shape index (κ3) is 3.22. The number of rotatable bonds is 4. The fourth-order valence-electron chi connectivity index (χ4n) is 2.74. The number of carboxylic acids is 1. The number of carbonyl (C=O) groups is 1. The second-order valence-corrected chi connectivity index (χ2v) is 5.05. The Morgan fingerprint density at radius 2 is 2.21 bits per heavy atom. The van der Waals surface area contributed by atoms with Crippen LogP contribution < -0.4 is 5.32 Å². The SMILES string of the molecule is N#Cc1ncccc1NC1(CC(=O)O)CCCCC1. The molecule has 1 aliphatic rings. The van der Waals surface area contributed by atoms with Gasteiger partial charge >= 0.3 is 5.97 Å². The van der Waals surface area contributed by atoms with Crippen LogP contribution in [-0.2, 0) is 4.79 Å². The highest BCUT2D eigenvalue weighted by Gasteiger charge is 2.34. The first-order chi connectivity index (χ1) is 9.15. The van der Waals surface area contributed by atoms with Gasteiger partial charge in [0.05, 0.1) is 12.1 Å². The molecule has 0 unspecified atom stereocenters. The van der Waals surface area contributed by atoms with E-state index in [2.05, 4.69) is 10.3 Å². The van der Waals surface area contributed by atoms with Crippen molar-refractivity contribution in [1.82, 2.24) is 4.98 Å². The van der Waals surface area contributed by atoms with Gasteiger partial charge in [0.2, 0.25) is 0 Å². The Morgan fingerprint density at radius 3 is 2.84 bits per heavy atom. The Labute approximate surface area is 112 Å². The first kappa shape index (κ1) is 13.3. The molecule has 19 heavy (non-hydrogen) atoms. The lowest BCUT2D eigenvalue weighted by atomic mass is 9.79. The number of pyridine rings is 1. The number of anilines is 1. The lowest BCUT2D eigenvalue weighted by Gasteiger charge is -2.38. The van der Waals surface area contributed by atoms with Crippen LogP contribution >= 0.6 is 0 Å². The maximum absolute atomic E-state index is 11.1. The predicted molar refractivity (Wildman–Crippen MR) is 70.6 cm³/mol. The van der Waals surface area contributed by atoms with Gasteiger partial charge in [-0.1, -0.05) is 19.3 Å². The molecule has 2 rings (SSSR count). The van der Waals surface area contributed by atoms with Gasteiger partial charge in [-0.3, -0.25) is 4.79 Å². The Morgan fingerprint density at radius 1 is 1.47 bits per heavy atom. The number of carboxylic acid groups (broad SMARTS) is 1. The summed E-state index contributed by atoms with van der Waals surface area (Å²) in [6.07, 6.45) is 6.45. The Bertz CT molecular complexity index is 502. The summed E-state index contributed by atoms with van der Waals surface area (Å²) in [5.41, 5.74) is 0.504. The maximum atomic E-state index is 11.1. The third-order valence-corrected chi connectivity index (χ3v) is 3.61. The topological polar surface area (TPSA) is 86.0 Å². The van der Waals surface area contributed by atoms with E-state index in [1.807, 2.05) is 6.07 Å². The van der Waals surface area contributed by atoms with E-state index in [1.54, 1.807) is 18.3 Å². The summed E-state index contributed by atoms with van der Waals surface area (Å²) in [7, 11) is 0. The molecule has 1 aliphatic carbocycles. The molecule has 0 amide bonds. The van der Waals surface area contributed by atoms with Crippen molar-refractivity contribution < 1.29 is 9.90 Å². The van der Waals surface area contributed by atoms with Crippen LogP contribution in [0.25, 0.3) is 0 Å². The highest BCUT2D eigenvalue weighted by atomic mass is 16.4. The summed E-state index contributed by atoms with van der Waals surface area (Å²) < 4.78 is 0. The minimum atomic E-state index is -0.809. The van der Waals surface area contributed by atoms with E-state index < -0.39 is 11.5 Å². The molecule has 1 saturated carbocycles. The van der Waals surface area contributed by atoms with Crippen molar-refractivity contribution in [3.05, 3.63) is 24.0 Å². The maximum Gasteiger partial charge on any atom is 0.305 e. The van der Waals surface area contributed by atoms with Gasteiger partial charge in [0.1, 0.15) is 6.07 Å². The fraction of sp³-hybridized carbons (Fsp3) is 0.500. The highest BCUT2D eigenvalue weighted by Crippen LogP contribution is 2.34. The number of nitriles is 1. The highest BCUT2D eigenvalue weighted by molar-refractivity contribution is 5.70. The second-order valence-electron chi connectivity index (χ2n) is 5.05. The molecule has 0 radical (unpaired) electrons. The monoisotopic (exact) mass is 259 g/mol. The summed E-state index contributed by atoms with van der Waals surface area (Å²) in [5, 5.41) is 21.4. The predicted octanol–water partition coefficient (Wildman–Crippen LogP) is 2.54. The van der Waals surface area contributed by atoms with Crippen LogP contribution in [0.4, 0.5) is 5.69 Å². The average Bonchev–Trinajstić information content (AvgIpc) is 2.39. The Hall–Kier alpha value is -2.09. The minimum Gasteiger partial charge on any atom is -0.481 e. The first-order valence-electron chi connectivity index (χ1n) is 6.50. The average molecular weight is 259 g/mol. The number of nitrogens with one attached hydrogen (secondary N) is 1. The van der Waals surface area contributed by atoms with Crippen molar-refractivity contribution in [2.75, 3.05) is 5.32 Å². The van der Waals surface area contributed by atoms with Crippen LogP contribution in [0.2, 0.25) is 0 Å². The van der Waals surface area contributed by atoms with E-state index in [0.29, 0.717) is 11.4 Å². The van der Waals surface area contributed by atoms with Crippen molar-refractivity contribution >= 4 is 11.7 Å². The van der Waals surface area contributed by atoms with Crippen LogP contribution in [0.1, 0.15) is 44.2 Å². The summed E-state index contributed by atoms with van der Waals surface area (Å²) in [6.45, 7) is 0. The van der Waals surface area contributed by atoms with E-state index in [0.717, 1.165) is 32.1 Å². The molecule has 1 aromatic heterocycles. The summed E-state index contributed by atoms with van der Waals surface area (Å²) in [4.78, 5) is 15.1. The van der Waals surface area contributed by atoms with Crippen LogP contribution in [0.15, 0.2) is 18.3 Å². The van der Waals surface area contributed by atoms with E-state index in [1.165, 1.54) is 0 Å². The van der Waals surface area contributed by atoms with Gasteiger partial charge in [0.15, 0.2) is 5.69 Å². The molecule has 0 saturated heterocycles. The van der Waals surface area contributed by atoms with E-state index in [-0.39, 0.29) is 6.42 Å². The van der Waals surface area contributed by atoms with Crippen LogP contribution in [0, 0.1) is 11.3 Å². The number of hydrogen-bond donors (Lipinski definition) is 2. The molecule has 2 N–H and O–H groups in total. The van der Waals surface area contributed by atoms with Gasteiger partial charge < -0.3 is 10.4 Å². The lowest BCUT2D eigenvalue weighted by Crippen LogP contribution is -2.42. The van der Waals surface area contributed by atoms with Gasteiger partial charge in [-0.05, 0) is 25.0 Å². The van der Waals surface area contributed by atoms with Crippen molar-refractivity contribution in [3.63, 3.8) is 0 Å². The molecule has 0 spiro atoms. The van der Waals surface area contributed by atoms with Gasteiger partial charge in [-0.2, -0.15) is 5.26 Å². The molecular formula is C14H17N3O2. The summed E-state index contributed by atoms with van der Waals surface area (Å²) >= 11 is 0. The summed E-state index contributed by atoms with van der Waals surface area (Å²) in [5.74, 6) is -0.809. The number of aromatic nitrogens is 1. The van der Waals surface area contributed by atoms with Crippen molar-refractivity contribution in [3.8, 4) is 6.07 Å². The smallest absolute Gasteiger partial charge is 0.305 e. The zero-order valence-corrected chi connectivity index (χ0v) is 10.7. The van der Waals surface area contributed by atoms with Gasteiger partial charge in [0.25, 0.3) is 0 Å². The second kappa shape index (κ2) is 5.70. The molecule has 0 aliphatic heterocycles. The fourth-order valence-corrected chi connectivity index (χ4v) is 2.74. The zero-order chi connectivity index (χ0) is 13.7. The molecule has 5 heteroatoms. The van der Waals surface area contributed by atoms with E-state index in [9.17, 15) is 4.79 Å². The lowest BCUT2D eigenvalue weighted by molar-refractivity contribution is -0.138. The van der Waals surface area contributed by atoms with Crippen molar-refractivity contribution in [2.24, 2.45) is 0 Å². The normalized spacial score (nSPS) is 17.4. The molecule has 0 atom stereocenters. The van der Waals surface area contributed by atoms with Gasteiger partial charge in [-0.15, -0.1) is 0 Å². The van der Waals surface area contributed by atoms with Crippen LogP contribution in [-0.4, -0.2) is 21.6 Å². The largest absolute Gasteiger partial charge is 0.481 e. The third-order valence-electron chi connectivity index (χ3n) is 3.61. The Balaban J connectivity index is 2.25. The standard InChI is InChI=1S/C14H17N3O2/c15-10-12-11(5-4-8-16-12)17-14(9-13(18)19)6-2-1-3-7-14/h4-5,8,17H,1-3,6-7,9H2,(H,18,19). The number of hydrogen-bond acceptors (Lipinski definition) is 4. The first-order valence-corrected chi connectivity index (χ1v) is 6.50. The minimum absolute atomic E-state index is 0.0762. The zero-order valence-electron chi connectivity index (χ0n) is 10.7. The number of nitrogens with zero attached hydrogens (tertiary/aromatic N) is 2. The molecule has 1 heterocycles. The summed E-state index contributed by atoms with van der Waals surface area (Å²) in [6, 6.07) is 5.57. The molecule has 5 nitrogen and oxygen atoms in total. The molecule has 1 aromatic rings. The molecule has 0 aromatic carbocycles. The van der Waals surface area contributed by atoms with Crippen LogP contribution in [0.3, 0.4) is 0 Å². The van der Waals surface area contributed by atoms with Gasteiger partial charge in [0, 0.05) is 11.7 Å².